The van der Waals surface area contributed by atoms with Crippen LogP contribution in [0.1, 0.15) is 56.8 Å². The summed E-state index contributed by atoms with van der Waals surface area (Å²) in [6.07, 6.45) is 3.94. The summed E-state index contributed by atoms with van der Waals surface area (Å²) in [5, 5.41) is 7.44. The Morgan fingerprint density at radius 1 is 0.857 bits per heavy atom. The van der Waals surface area contributed by atoms with Gasteiger partial charge in [-0.1, -0.05) is 48.5 Å². The van der Waals surface area contributed by atoms with Crippen molar-refractivity contribution in [1.82, 2.24) is 15.1 Å². The van der Waals surface area contributed by atoms with Crippen LogP contribution in [0.4, 0.5) is 0 Å². The fraction of sp³-hybridized carbons (Fsp3) is 0.467. The summed E-state index contributed by atoms with van der Waals surface area (Å²) in [5.41, 5.74) is 0.630. The lowest BCUT2D eigenvalue weighted by molar-refractivity contribution is -0.128. The molecule has 3 aromatic carbocycles. The molecule has 5 heteroatoms. The number of likely N-dealkylation sites (tertiary alicyclic amines) is 2. The van der Waals surface area contributed by atoms with E-state index in [0.717, 1.165) is 79.0 Å². The third-order valence-electron chi connectivity index (χ3n) is 7.58. The quantitative estimate of drug-likeness (QED) is 0.533. The average molecular weight is 472 g/mol. The summed E-state index contributed by atoms with van der Waals surface area (Å²) >= 11 is 0. The third-order valence-corrected chi connectivity index (χ3v) is 7.58. The SMILES string of the molecule is CC(C)(C)NC(=O)[C@@H]1CCCN(C2CCN(C(=O)c3c4ccccc4cc4ccccc34)CC2)C1. The van der Waals surface area contributed by atoms with Gasteiger partial charge in [0.2, 0.25) is 5.91 Å². The largest absolute Gasteiger partial charge is 0.351 e. The minimum Gasteiger partial charge on any atom is -0.351 e. The molecule has 2 fully saturated rings. The number of amides is 2. The number of benzene rings is 3. The van der Waals surface area contributed by atoms with Crippen LogP contribution >= 0.6 is 0 Å². The normalized spacial score (nSPS) is 20.3. The number of carbonyl (C=O) groups excluding carboxylic acids is 2. The van der Waals surface area contributed by atoms with Gasteiger partial charge in [0.05, 0.1) is 11.5 Å². The molecule has 35 heavy (non-hydrogen) atoms. The molecule has 0 saturated carbocycles. The van der Waals surface area contributed by atoms with Gasteiger partial charge in [0.1, 0.15) is 0 Å². The third kappa shape index (κ3) is 5.06. The molecule has 0 unspecified atom stereocenters. The van der Waals surface area contributed by atoms with Crippen LogP contribution in [0.5, 0.6) is 0 Å². The predicted octanol–water partition coefficient (Wildman–Crippen LogP) is 5.22. The van der Waals surface area contributed by atoms with E-state index < -0.39 is 0 Å². The highest BCUT2D eigenvalue weighted by molar-refractivity contribution is 6.18. The van der Waals surface area contributed by atoms with Gasteiger partial charge in [0, 0.05) is 31.2 Å². The summed E-state index contributed by atoms with van der Waals surface area (Å²) in [6, 6.07) is 19.0. The lowest BCUT2D eigenvalue weighted by atomic mass is 9.92. The number of hydrogen-bond donors (Lipinski definition) is 1. The molecule has 5 rings (SSSR count). The minimum absolute atomic E-state index is 0.0599. The smallest absolute Gasteiger partial charge is 0.255 e. The van der Waals surface area contributed by atoms with Gasteiger partial charge in [0.15, 0.2) is 0 Å². The topological polar surface area (TPSA) is 52.7 Å². The second kappa shape index (κ2) is 9.62. The Kier molecular flexibility index (Phi) is 6.54. The van der Waals surface area contributed by atoms with Gasteiger partial charge in [0.25, 0.3) is 5.91 Å². The summed E-state index contributed by atoms with van der Waals surface area (Å²) < 4.78 is 0. The maximum Gasteiger partial charge on any atom is 0.255 e. The van der Waals surface area contributed by atoms with Gasteiger partial charge in [-0.2, -0.15) is 0 Å². The van der Waals surface area contributed by atoms with Crippen molar-refractivity contribution in [1.29, 1.82) is 0 Å². The van der Waals surface area contributed by atoms with E-state index >= 15 is 0 Å². The first-order valence-corrected chi connectivity index (χ1v) is 13.1. The second-order valence-corrected chi connectivity index (χ2v) is 11.3. The summed E-state index contributed by atoms with van der Waals surface area (Å²) in [6.45, 7) is 9.51. The van der Waals surface area contributed by atoms with Gasteiger partial charge in [-0.3, -0.25) is 14.5 Å². The van der Waals surface area contributed by atoms with Crippen LogP contribution < -0.4 is 5.32 Å². The number of nitrogens with one attached hydrogen (secondary N) is 1. The van der Waals surface area contributed by atoms with Crippen molar-refractivity contribution in [2.45, 2.75) is 58.0 Å². The molecule has 2 aliphatic heterocycles. The Morgan fingerprint density at radius 3 is 2.06 bits per heavy atom. The number of nitrogens with zero attached hydrogens (tertiary/aromatic N) is 2. The molecule has 0 spiro atoms. The molecule has 2 heterocycles. The molecule has 184 valence electrons. The molecule has 0 aliphatic carbocycles. The van der Waals surface area contributed by atoms with E-state index in [4.69, 9.17) is 0 Å². The molecule has 1 atom stereocenters. The first-order valence-electron chi connectivity index (χ1n) is 13.1. The average Bonchev–Trinajstić information content (AvgIpc) is 2.86. The Morgan fingerprint density at radius 2 is 1.46 bits per heavy atom. The molecule has 3 aromatic rings. The number of piperidine rings is 2. The van der Waals surface area contributed by atoms with Crippen LogP contribution in [-0.2, 0) is 4.79 Å². The van der Waals surface area contributed by atoms with E-state index in [1.165, 1.54) is 0 Å². The van der Waals surface area contributed by atoms with Crippen LogP contribution in [0.15, 0.2) is 54.6 Å². The number of rotatable bonds is 3. The van der Waals surface area contributed by atoms with Crippen molar-refractivity contribution >= 4 is 33.4 Å². The highest BCUT2D eigenvalue weighted by atomic mass is 16.2. The molecule has 0 bridgehead atoms. The van der Waals surface area contributed by atoms with Gasteiger partial charge in [-0.15, -0.1) is 0 Å². The summed E-state index contributed by atoms with van der Waals surface area (Å²) in [7, 11) is 0. The Hall–Kier alpha value is -2.92. The molecule has 0 aromatic heterocycles. The Bertz CT molecular complexity index is 1180. The minimum atomic E-state index is -0.198. The van der Waals surface area contributed by atoms with Crippen molar-refractivity contribution < 1.29 is 9.59 Å². The molecule has 5 nitrogen and oxygen atoms in total. The maximum atomic E-state index is 13.8. The monoisotopic (exact) mass is 471 g/mol. The van der Waals surface area contributed by atoms with Gasteiger partial charge in [-0.05, 0) is 80.6 Å². The molecule has 1 N–H and O–H groups in total. The molecular weight excluding hydrogens is 434 g/mol. The first-order chi connectivity index (χ1) is 16.8. The zero-order valence-electron chi connectivity index (χ0n) is 21.2. The predicted molar refractivity (Wildman–Crippen MR) is 143 cm³/mol. The van der Waals surface area contributed by atoms with Crippen LogP contribution in [0, 0.1) is 5.92 Å². The van der Waals surface area contributed by atoms with E-state index in [0.29, 0.717) is 6.04 Å². The van der Waals surface area contributed by atoms with Crippen molar-refractivity contribution in [2.75, 3.05) is 26.2 Å². The fourth-order valence-electron chi connectivity index (χ4n) is 5.86. The van der Waals surface area contributed by atoms with Crippen molar-refractivity contribution in [3.05, 3.63) is 60.2 Å². The zero-order valence-corrected chi connectivity index (χ0v) is 21.2. The number of carbonyl (C=O) groups is 2. The maximum absolute atomic E-state index is 13.8. The summed E-state index contributed by atoms with van der Waals surface area (Å²) in [4.78, 5) is 31.2. The van der Waals surface area contributed by atoms with E-state index in [-0.39, 0.29) is 23.3 Å². The second-order valence-electron chi connectivity index (χ2n) is 11.3. The van der Waals surface area contributed by atoms with Gasteiger partial charge >= 0.3 is 0 Å². The van der Waals surface area contributed by atoms with Crippen LogP contribution in [-0.4, -0.2) is 59.4 Å². The summed E-state index contributed by atoms with van der Waals surface area (Å²) in [5.74, 6) is 0.375. The number of fused-ring (bicyclic) bond motifs is 2. The van der Waals surface area contributed by atoms with E-state index in [9.17, 15) is 9.59 Å². The van der Waals surface area contributed by atoms with Crippen molar-refractivity contribution in [3.63, 3.8) is 0 Å². The van der Waals surface area contributed by atoms with Crippen LogP contribution in [0.2, 0.25) is 0 Å². The fourth-order valence-corrected chi connectivity index (χ4v) is 5.86. The van der Waals surface area contributed by atoms with Crippen LogP contribution in [0.3, 0.4) is 0 Å². The number of hydrogen-bond acceptors (Lipinski definition) is 3. The molecule has 2 aliphatic rings. The van der Waals surface area contributed by atoms with E-state index in [1.807, 2.05) is 49.9 Å². The van der Waals surface area contributed by atoms with E-state index in [1.54, 1.807) is 0 Å². The molecule has 2 saturated heterocycles. The Balaban J connectivity index is 1.29. The van der Waals surface area contributed by atoms with Gasteiger partial charge in [-0.25, -0.2) is 0 Å². The highest BCUT2D eigenvalue weighted by Crippen LogP contribution is 2.31. The standard InChI is InChI=1S/C30H37N3O2/c1-30(2,3)31-28(34)23-11-8-16-33(20-23)24-14-17-32(18-15-24)29(35)27-25-12-6-4-9-21(25)19-22-10-5-7-13-26(22)27/h4-7,9-10,12-13,19,23-24H,8,11,14-18,20H2,1-3H3,(H,31,34)/t23-/m1/s1. The highest BCUT2D eigenvalue weighted by Gasteiger charge is 2.34. The first kappa shape index (κ1) is 23.8. The van der Waals surface area contributed by atoms with Crippen molar-refractivity contribution in [2.24, 2.45) is 5.92 Å². The van der Waals surface area contributed by atoms with Crippen LogP contribution in [0.25, 0.3) is 21.5 Å². The molecular formula is C30H37N3O2. The molecule has 2 amide bonds. The lowest BCUT2D eigenvalue weighted by Gasteiger charge is -2.42. The van der Waals surface area contributed by atoms with Gasteiger partial charge < -0.3 is 10.2 Å². The zero-order chi connectivity index (χ0) is 24.6. The van der Waals surface area contributed by atoms with E-state index in [2.05, 4.69) is 40.5 Å². The van der Waals surface area contributed by atoms with Crippen molar-refractivity contribution in [3.8, 4) is 0 Å². The Labute approximate surface area is 208 Å². The molecule has 0 radical (unpaired) electrons. The lowest BCUT2D eigenvalue weighted by Crippen LogP contribution is -2.53.